The van der Waals surface area contributed by atoms with Gasteiger partial charge >= 0.3 is 5.97 Å². The zero-order chi connectivity index (χ0) is 33.6. The van der Waals surface area contributed by atoms with E-state index < -0.39 is 31.9 Å². The first kappa shape index (κ1) is 33.7. The van der Waals surface area contributed by atoms with Gasteiger partial charge in [-0.2, -0.15) is 4.31 Å². The molecule has 0 saturated carbocycles. The summed E-state index contributed by atoms with van der Waals surface area (Å²) in [4.78, 5) is 47.0. The van der Waals surface area contributed by atoms with Gasteiger partial charge in [-0.1, -0.05) is 12.1 Å². The maximum absolute atomic E-state index is 12.7. The average Bonchev–Trinajstić information content (AvgIpc) is 3.65. The number of benzene rings is 2. The summed E-state index contributed by atoms with van der Waals surface area (Å²) in [7, 11) is -8.06. The molecular formula is C30H28N2O9S4. The topological polar surface area (TPSA) is 172 Å². The quantitative estimate of drug-likeness (QED) is 0.222. The monoisotopic (exact) mass is 688 g/mol. The molecular weight excluding hydrogens is 661 g/mol. The van der Waals surface area contributed by atoms with Gasteiger partial charge in [0.15, 0.2) is 11.6 Å². The molecule has 0 bridgehead atoms. The predicted molar refractivity (Wildman–Crippen MR) is 172 cm³/mol. The zero-order valence-corrected chi connectivity index (χ0v) is 28.2. The zero-order valence-electron chi connectivity index (χ0n) is 24.9. The molecule has 0 unspecified atom stereocenters. The van der Waals surface area contributed by atoms with Crippen molar-refractivity contribution >= 4 is 77.5 Å². The molecule has 236 valence electrons. The highest BCUT2D eigenvalue weighted by Crippen LogP contribution is 2.40. The molecule has 0 atom stereocenters. The molecule has 0 fully saturated rings. The summed E-state index contributed by atoms with van der Waals surface area (Å²) >= 11 is 1.92. The number of carbonyl (C=O) groups is 4. The Morgan fingerprint density at radius 3 is 1.96 bits per heavy atom. The van der Waals surface area contributed by atoms with Gasteiger partial charge in [0.05, 0.1) is 11.4 Å². The molecule has 1 aliphatic heterocycles. The van der Waals surface area contributed by atoms with E-state index in [2.05, 4.69) is 4.72 Å². The molecule has 3 heterocycles. The van der Waals surface area contributed by atoms with E-state index in [9.17, 15) is 36.0 Å². The third kappa shape index (κ3) is 6.33. The van der Waals surface area contributed by atoms with Crippen LogP contribution >= 0.6 is 22.7 Å². The third-order valence-corrected chi connectivity index (χ3v) is 11.9. The summed E-state index contributed by atoms with van der Waals surface area (Å²) < 4.78 is 53.5. The number of nitrogens with zero attached hydrogens (tertiary/aromatic N) is 1. The van der Waals surface area contributed by atoms with Crippen LogP contribution in [-0.2, 0) is 20.0 Å². The molecule has 1 aliphatic rings. The number of fused-ring (bicyclic) bond motifs is 1. The van der Waals surface area contributed by atoms with Gasteiger partial charge in [-0.05, 0) is 98.8 Å². The number of aryl methyl sites for hydroxylation is 4. The number of carbonyl (C=O) groups excluding carboxylic acids is 3. The maximum atomic E-state index is 12.7. The molecule has 45 heavy (non-hydrogen) atoms. The molecule has 0 aliphatic carbocycles. The minimum absolute atomic E-state index is 0.0111. The van der Waals surface area contributed by atoms with E-state index in [0.717, 1.165) is 38.1 Å². The van der Waals surface area contributed by atoms with E-state index in [-0.39, 0.29) is 53.6 Å². The Morgan fingerprint density at radius 2 is 1.40 bits per heavy atom. The maximum Gasteiger partial charge on any atom is 0.347 e. The minimum atomic E-state index is -4.11. The summed E-state index contributed by atoms with van der Waals surface area (Å²) in [5.74, 6) is -2.47. The standard InChI is InChI=1S/C15H15NO5S2.C15H13NO4S2/c1-8-6-9(2)13(11(7-8)10(3)17)16-23(20,21)12-4-5-22-14(12)15(18)19;1-8-6-9(2)13(11(7-8)10(3)17)16-15(18)14-12(4-5-21-14)22(16,19)20/h4-7,16H,1-3H3,(H,18,19);4-7H,1-3H3. The summed E-state index contributed by atoms with van der Waals surface area (Å²) in [5.41, 5.74) is 3.66. The summed E-state index contributed by atoms with van der Waals surface area (Å²) in [6, 6.07) is 9.36. The number of anilines is 2. The predicted octanol–water partition coefficient (Wildman–Crippen LogP) is 5.98. The number of carboxylic acids is 1. The van der Waals surface area contributed by atoms with Gasteiger partial charge in [0.1, 0.15) is 19.5 Å². The van der Waals surface area contributed by atoms with Crippen molar-refractivity contribution in [3.8, 4) is 0 Å². The van der Waals surface area contributed by atoms with Crippen molar-refractivity contribution in [1.82, 2.24) is 0 Å². The Kier molecular flexibility index (Phi) is 9.22. The number of rotatable bonds is 7. The van der Waals surface area contributed by atoms with Crippen LogP contribution in [0.1, 0.15) is 76.2 Å². The van der Waals surface area contributed by atoms with Crippen LogP contribution in [-0.4, -0.2) is 45.4 Å². The molecule has 2 aromatic carbocycles. The van der Waals surface area contributed by atoms with E-state index in [1.807, 2.05) is 6.92 Å². The number of hydrogen-bond acceptors (Lipinski definition) is 10. The van der Waals surface area contributed by atoms with Crippen LogP contribution in [0.3, 0.4) is 0 Å². The molecule has 11 nitrogen and oxygen atoms in total. The van der Waals surface area contributed by atoms with Gasteiger partial charge < -0.3 is 5.11 Å². The van der Waals surface area contributed by atoms with Crippen LogP contribution in [0.2, 0.25) is 0 Å². The van der Waals surface area contributed by atoms with Gasteiger partial charge in [0.25, 0.3) is 26.0 Å². The van der Waals surface area contributed by atoms with Crippen LogP contribution in [0.5, 0.6) is 0 Å². The summed E-state index contributed by atoms with van der Waals surface area (Å²) in [6.07, 6.45) is 0. The number of hydrogen-bond donors (Lipinski definition) is 2. The van der Waals surface area contributed by atoms with E-state index in [0.29, 0.717) is 11.1 Å². The van der Waals surface area contributed by atoms with Gasteiger partial charge in [0, 0.05) is 11.1 Å². The molecule has 0 radical (unpaired) electrons. The molecule has 0 spiro atoms. The minimum Gasteiger partial charge on any atom is -0.477 e. The number of sulfonamides is 2. The lowest BCUT2D eigenvalue weighted by atomic mass is 10.0. The van der Waals surface area contributed by atoms with Crippen molar-refractivity contribution in [2.24, 2.45) is 0 Å². The Hall–Kier alpha value is -4.18. The number of thiophene rings is 2. The lowest BCUT2D eigenvalue weighted by Gasteiger charge is -2.21. The van der Waals surface area contributed by atoms with Crippen LogP contribution in [0.4, 0.5) is 11.4 Å². The van der Waals surface area contributed by atoms with E-state index >= 15 is 0 Å². The van der Waals surface area contributed by atoms with E-state index in [4.69, 9.17) is 5.11 Å². The second-order valence-electron chi connectivity index (χ2n) is 10.3. The number of Topliss-reactive ketones (excluding diaryl/α,β-unsaturated/α-hetero) is 2. The first-order valence-electron chi connectivity index (χ1n) is 13.1. The van der Waals surface area contributed by atoms with Crippen LogP contribution in [0.15, 0.2) is 56.9 Å². The van der Waals surface area contributed by atoms with Gasteiger partial charge in [-0.15, -0.1) is 22.7 Å². The second kappa shape index (κ2) is 12.3. The molecule has 2 aromatic heterocycles. The molecule has 1 amide bonds. The Labute approximate surface area is 268 Å². The van der Waals surface area contributed by atoms with Gasteiger partial charge in [-0.3, -0.25) is 19.1 Å². The van der Waals surface area contributed by atoms with Crippen LogP contribution in [0.25, 0.3) is 0 Å². The fourth-order valence-corrected chi connectivity index (χ4v) is 10.2. The SMILES string of the molecule is CC(=O)c1cc(C)cc(C)c1N1C(=O)c2sccc2S1(=O)=O.CC(=O)c1cc(C)cc(C)c1NS(=O)(=O)c1ccsc1C(=O)O. The summed E-state index contributed by atoms with van der Waals surface area (Å²) in [6.45, 7) is 9.71. The number of ketones is 2. The van der Waals surface area contributed by atoms with Crippen LogP contribution < -0.4 is 9.03 Å². The normalized spacial score (nSPS) is 13.6. The smallest absolute Gasteiger partial charge is 0.347 e. The largest absolute Gasteiger partial charge is 0.477 e. The molecule has 15 heteroatoms. The Balaban J connectivity index is 0.000000205. The molecule has 4 aromatic rings. The lowest BCUT2D eigenvalue weighted by Crippen LogP contribution is -2.32. The van der Waals surface area contributed by atoms with E-state index in [1.54, 1.807) is 50.4 Å². The fraction of sp³-hybridized carbons (Fsp3) is 0.200. The van der Waals surface area contributed by atoms with Gasteiger partial charge in [-0.25, -0.2) is 21.6 Å². The van der Waals surface area contributed by atoms with Crippen molar-refractivity contribution in [1.29, 1.82) is 0 Å². The molecule has 5 rings (SSSR count). The van der Waals surface area contributed by atoms with Crippen molar-refractivity contribution in [2.45, 2.75) is 51.3 Å². The van der Waals surface area contributed by atoms with Crippen molar-refractivity contribution in [3.63, 3.8) is 0 Å². The number of aromatic carboxylic acids is 1. The van der Waals surface area contributed by atoms with E-state index in [1.165, 1.54) is 31.4 Å². The highest BCUT2D eigenvalue weighted by atomic mass is 32.2. The highest BCUT2D eigenvalue weighted by molar-refractivity contribution is 7.94. The van der Waals surface area contributed by atoms with Crippen LogP contribution in [0, 0.1) is 27.7 Å². The summed E-state index contributed by atoms with van der Waals surface area (Å²) in [5, 5.41) is 12.1. The number of carboxylic acid groups (broad SMARTS) is 1. The fourth-order valence-electron chi connectivity index (χ4n) is 4.91. The molecule has 0 saturated heterocycles. The molecule has 2 N–H and O–H groups in total. The first-order valence-corrected chi connectivity index (χ1v) is 17.8. The first-order chi connectivity index (χ1) is 20.9. The second-order valence-corrected chi connectivity index (χ2v) is 15.5. The van der Waals surface area contributed by atoms with Crippen molar-refractivity contribution in [2.75, 3.05) is 9.03 Å². The van der Waals surface area contributed by atoms with Gasteiger partial charge in [0.2, 0.25) is 0 Å². The third-order valence-electron chi connectivity index (χ3n) is 6.76. The average molecular weight is 689 g/mol. The number of nitrogens with one attached hydrogen (secondary N) is 1. The lowest BCUT2D eigenvalue weighted by molar-refractivity contribution is 0.0697. The highest BCUT2D eigenvalue weighted by Gasteiger charge is 2.45. The Bertz CT molecular complexity index is 2130. The van der Waals surface area contributed by atoms with Crippen molar-refractivity contribution < 1.29 is 41.1 Å². The number of amides is 1. The Morgan fingerprint density at radius 1 is 0.844 bits per heavy atom. The van der Waals surface area contributed by atoms with Crippen molar-refractivity contribution in [3.05, 3.63) is 90.3 Å².